The van der Waals surface area contributed by atoms with Crippen LogP contribution >= 0.6 is 11.3 Å². The molecule has 7 heteroatoms. The molecule has 0 fully saturated rings. The smallest absolute Gasteiger partial charge is 0.0889 e. The molecule has 0 N–H and O–H groups in total. The van der Waals surface area contributed by atoms with Crippen molar-refractivity contribution in [3.63, 3.8) is 0 Å². The Balaban J connectivity index is 1.41. The fourth-order valence-electron chi connectivity index (χ4n) is 3.37. The van der Waals surface area contributed by atoms with E-state index in [9.17, 15) is 0 Å². The van der Waals surface area contributed by atoms with Crippen LogP contribution in [0.1, 0.15) is 33.7 Å². The van der Waals surface area contributed by atoms with Crippen molar-refractivity contribution in [2.75, 3.05) is 13.2 Å². The number of thiazole rings is 1. The first-order valence-electron chi connectivity index (χ1n) is 8.83. The van der Waals surface area contributed by atoms with Crippen molar-refractivity contribution >= 4 is 11.3 Å². The summed E-state index contributed by atoms with van der Waals surface area (Å²) in [6.45, 7) is 8.00. The van der Waals surface area contributed by atoms with Crippen molar-refractivity contribution in [1.82, 2.24) is 24.6 Å². The maximum absolute atomic E-state index is 5.99. The lowest BCUT2D eigenvalue weighted by Crippen LogP contribution is -2.39. The van der Waals surface area contributed by atoms with Gasteiger partial charge >= 0.3 is 0 Å². The Morgan fingerprint density at radius 1 is 1.27 bits per heavy atom. The van der Waals surface area contributed by atoms with Crippen molar-refractivity contribution in [1.29, 1.82) is 0 Å². The van der Waals surface area contributed by atoms with Crippen LogP contribution in [-0.4, -0.2) is 37.8 Å². The van der Waals surface area contributed by atoms with Gasteiger partial charge in [-0.05, 0) is 32.0 Å². The molecule has 1 unspecified atom stereocenters. The molecule has 136 valence electrons. The molecule has 1 aliphatic heterocycles. The first-order valence-corrected chi connectivity index (χ1v) is 9.71. The molecule has 0 radical (unpaired) electrons. The van der Waals surface area contributed by atoms with E-state index in [1.807, 2.05) is 36.8 Å². The quantitative estimate of drug-likeness (QED) is 0.668. The van der Waals surface area contributed by atoms with Gasteiger partial charge in [0.15, 0.2) is 0 Å². The van der Waals surface area contributed by atoms with Crippen molar-refractivity contribution in [3.8, 4) is 0 Å². The van der Waals surface area contributed by atoms with Crippen LogP contribution in [0.4, 0.5) is 0 Å². The number of hydrogen-bond donors (Lipinski definition) is 0. The second-order valence-corrected chi connectivity index (χ2v) is 7.68. The molecule has 1 atom stereocenters. The van der Waals surface area contributed by atoms with Crippen LogP contribution in [0.25, 0.3) is 0 Å². The van der Waals surface area contributed by atoms with Crippen LogP contribution in [0.2, 0.25) is 0 Å². The summed E-state index contributed by atoms with van der Waals surface area (Å²) in [5, 5.41) is 4.51. The number of nitrogens with zero attached hydrogens (tertiary/aromatic N) is 5. The molecule has 0 saturated heterocycles. The zero-order valence-corrected chi connectivity index (χ0v) is 15.9. The van der Waals surface area contributed by atoms with Crippen LogP contribution in [0, 0.1) is 13.8 Å². The molecule has 26 heavy (non-hydrogen) atoms. The first-order chi connectivity index (χ1) is 12.7. The third kappa shape index (κ3) is 3.85. The van der Waals surface area contributed by atoms with E-state index in [2.05, 4.69) is 37.6 Å². The van der Waals surface area contributed by atoms with E-state index in [0.29, 0.717) is 13.2 Å². The largest absolute Gasteiger partial charge is 0.373 e. The molecule has 3 aromatic heterocycles. The maximum atomic E-state index is 5.99. The average molecular weight is 369 g/mol. The van der Waals surface area contributed by atoms with Gasteiger partial charge in [0, 0.05) is 36.4 Å². The van der Waals surface area contributed by atoms with Crippen molar-refractivity contribution in [2.45, 2.75) is 39.6 Å². The summed E-state index contributed by atoms with van der Waals surface area (Å²) in [7, 11) is 0. The van der Waals surface area contributed by atoms with E-state index in [1.165, 1.54) is 10.6 Å². The van der Waals surface area contributed by atoms with E-state index < -0.39 is 0 Å². The number of rotatable bonds is 6. The molecule has 0 aliphatic carbocycles. The predicted molar refractivity (Wildman–Crippen MR) is 101 cm³/mol. The lowest BCUT2D eigenvalue weighted by molar-refractivity contribution is 0.0521. The molecule has 0 saturated carbocycles. The van der Waals surface area contributed by atoms with Crippen LogP contribution in [0.15, 0.2) is 36.0 Å². The molecule has 0 amide bonds. The fraction of sp³-hybridized carbons (Fsp3) is 0.421. The van der Waals surface area contributed by atoms with Gasteiger partial charge in [-0.15, -0.1) is 11.3 Å². The molecule has 0 spiro atoms. The highest BCUT2D eigenvalue weighted by atomic mass is 32.1. The lowest BCUT2D eigenvalue weighted by atomic mass is 10.2. The molecule has 0 aromatic carbocycles. The monoisotopic (exact) mass is 369 g/mol. The predicted octanol–water partition coefficient (Wildman–Crippen LogP) is 3.13. The Morgan fingerprint density at radius 3 is 3.00 bits per heavy atom. The Kier molecular flexibility index (Phi) is 5.10. The number of aromatic nitrogens is 4. The van der Waals surface area contributed by atoms with Gasteiger partial charge in [-0.3, -0.25) is 14.6 Å². The van der Waals surface area contributed by atoms with E-state index in [0.717, 1.165) is 36.7 Å². The highest BCUT2D eigenvalue weighted by Crippen LogP contribution is 2.24. The van der Waals surface area contributed by atoms with Gasteiger partial charge in [0.05, 0.1) is 41.8 Å². The number of fused-ring (bicyclic) bond motifs is 1. The highest BCUT2D eigenvalue weighted by Gasteiger charge is 2.26. The summed E-state index contributed by atoms with van der Waals surface area (Å²) < 4.78 is 8.10. The zero-order valence-electron chi connectivity index (χ0n) is 15.1. The van der Waals surface area contributed by atoms with Gasteiger partial charge in [-0.1, -0.05) is 6.07 Å². The number of ether oxygens (including phenoxy) is 1. The van der Waals surface area contributed by atoms with Crippen LogP contribution in [0.5, 0.6) is 0 Å². The van der Waals surface area contributed by atoms with E-state index in [4.69, 9.17) is 4.74 Å². The van der Waals surface area contributed by atoms with Gasteiger partial charge in [0.2, 0.25) is 0 Å². The standard InChI is InChI=1S/C19H23N5OS/c1-14-4-3-5-16(22-14)11-25-12-18-9-23(8-17-6-7-21-24(17)18)10-19-15(2)20-13-26-19/h3-7,13,18H,8-12H2,1-2H3. The molecular formula is C19H23N5OS. The van der Waals surface area contributed by atoms with Crippen molar-refractivity contribution in [3.05, 3.63) is 63.6 Å². The molecule has 6 nitrogen and oxygen atoms in total. The zero-order chi connectivity index (χ0) is 17.9. The summed E-state index contributed by atoms with van der Waals surface area (Å²) in [4.78, 5) is 12.7. The molecule has 4 heterocycles. The summed E-state index contributed by atoms with van der Waals surface area (Å²) in [5.74, 6) is 0. The van der Waals surface area contributed by atoms with Crippen LogP contribution in [0.3, 0.4) is 0 Å². The van der Waals surface area contributed by atoms with Gasteiger partial charge in [0.1, 0.15) is 0 Å². The van der Waals surface area contributed by atoms with E-state index in [-0.39, 0.29) is 6.04 Å². The van der Waals surface area contributed by atoms with E-state index >= 15 is 0 Å². The molecule has 4 rings (SSSR count). The van der Waals surface area contributed by atoms with E-state index in [1.54, 1.807) is 11.3 Å². The normalized spacial score (nSPS) is 17.4. The Hall–Kier alpha value is -2.09. The third-order valence-electron chi connectivity index (χ3n) is 4.67. The van der Waals surface area contributed by atoms with Crippen LogP contribution < -0.4 is 0 Å². The van der Waals surface area contributed by atoms with Crippen molar-refractivity contribution in [2.24, 2.45) is 0 Å². The number of aryl methyl sites for hydroxylation is 2. The Bertz CT molecular complexity index is 874. The summed E-state index contributed by atoms with van der Waals surface area (Å²) in [6.07, 6.45) is 1.88. The molecular weight excluding hydrogens is 346 g/mol. The topological polar surface area (TPSA) is 56.1 Å². The van der Waals surface area contributed by atoms with Gasteiger partial charge < -0.3 is 4.74 Å². The molecule has 3 aromatic rings. The second kappa shape index (κ2) is 7.65. The first kappa shape index (κ1) is 17.3. The summed E-state index contributed by atoms with van der Waals surface area (Å²) >= 11 is 1.73. The van der Waals surface area contributed by atoms with Crippen molar-refractivity contribution < 1.29 is 4.74 Å². The minimum absolute atomic E-state index is 0.215. The number of pyridine rings is 1. The van der Waals surface area contributed by atoms with Gasteiger partial charge in [0.25, 0.3) is 0 Å². The SMILES string of the molecule is Cc1cccc(COCC2CN(Cc3scnc3C)Cc3ccnn32)n1. The molecule has 0 bridgehead atoms. The third-order valence-corrected chi connectivity index (χ3v) is 5.59. The van der Waals surface area contributed by atoms with Gasteiger partial charge in [-0.25, -0.2) is 4.98 Å². The summed E-state index contributed by atoms with van der Waals surface area (Å²) in [5.41, 5.74) is 6.28. The fourth-order valence-corrected chi connectivity index (χ4v) is 4.19. The minimum Gasteiger partial charge on any atom is -0.373 e. The van der Waals surface area contributed by atoms with Crippen LogP contribution in [-0.2, 0) is 24.4 Å². The summed E-state index contributed by atoms with van der Waals surface area (Å²) in [6, 6.07) is 8.34. The molecule has 1 aliphatic rings. The highest BCUT2D eigenvalue weighted by molar-refractivity contribution is 7.09. The maximum Gasteiger partial charge on any atom is 0.0889 e. The van der Waals surface area contributed by atoms with Gasteiger partial charge in [-0.2, -0.15) is 5.10 Å². The Morgan fingerprint density at radius 2 is 2.19 bits per heavy atom. The lowest BCUT2D eigenvalue weighted by Gasteiger charge is -2.33. The minimum atomic E-state index is 0.215. The number of hydrogen-bond acceptors (Lipinski definition) is 6. The average Bonchev–Trinajstić information content (AvgIpc) is 3.24. The Labute approximate surface area is 157 Å². The second-order valence-electron chi connectivity index (χ2n) is 6.74.